The molecule has 0 saturated heterocycles. The van der Waals surface area contributed by atoms with Crippen LogP contribution in [0.25, 0.3) is 22.2 Å². The van der Waals surface area contributed by atoms with Gasteiger partial charge in [-0.05, 0) is 68.7 Å². The number of aryl methyl sites for hydroxylation is 2. The summed E-state index contributed by atoms with van der Waals surface area (Å²) in [6.45, 7) is 8.57. The molecule has 0 bridgehead atoms. The average Bonchev–Trinajstić information content (AvgIpc) is 3.37. The number of amides is 1. The van der Waals surface area contributed by atoms with Gasteiger partial charge in [0.05, 0.1) is 31.3 Å². The lowest BCUT2D eigenvalue weighted by Crippen LogP contribution is -2.22. The Morgan fingerprint density at radius 2 is 1.82 bits per heavy atom. The molecule has 1 amide bonds. The van der Waals surface area contributed by atoms with Crippen molar-refractivity contribution in [2.75, 3.05) is 33.6 Å². The highest BCUT2D eigenvalue weighted by Gasteiger charge is 2.25. The highest BCUT2D eigenvalue weighted by Crippen LogP contribution is 2.43. The monoisotopic (exact) mass is 613 g/mol. The van der Waals surface area contributed by atoms with Crippen molar-refractivity contribution in [1.82, 2.24) is 29.6 Å². The lowest BCUT2D eigenvalue weighted by molar-refractivity contribution is 0.0822. The summed E-state index contributed by atoms with van der Waals surface area (Å²) in [6.07, 6.45) is 3.22. The third-order valence-corrected chi connectivity index (χ3v) is 8.26. The van der Waals surface area contributed by atoms with Crippen molar-refractivity contribution < 1.29 is 14.3 Å². The van der Waals surface area contributed by atoms with Crippen LogP contribution in [0.15, 0.2) is 48.9 Å². The van der Waals surface area contributed by atoms with Gasteiger partial charge in [-0.3, -0.25) is 9.78 Å². The summed E-state index contributed by atoms with van der Waals surface area (Å²) in [7, 11) is 6.69. The van der Waals surface area contributed by atoms with Crippen molar-refractivity contribution in [3.05, 3.63) is 87.6 Å². The van der Waals surface area contributed by atoms with E-state index in [2.05, 4.69) is 27.2 Å². The Morgan fingerprint density at radius 3 is 2.45 bits per heavy atom. The lowest BCUT2D eigenvalue weighted by Gasteiger charge is -2.22. The Labute approximate surface area is 262 Å². The average molecular weight is 614 g/mol. The number of benzene rings is 2. The largest absolute Gasteiger partial charge is 0.497 e. The zero-order chi connectivity index (χ0) is 31.7. The van der Waals surface area contributed by atoms with Crippen LogP contribution in [0.4, 0.5) is 5.82 Å². The van der Waals surface area contributed by atoms with Gasteiger partial charge in [0.15, 0.2) is 5.65 Å². The number of anilines is 1. The highest BCUT2D eigenvalue weighted by molar-refractivity contribution is 6.32. The van der Waals surface area contributed by atoms with Crippen LogP contribution < -0.4 is 14.8 Å². The highest BCUT2D eigenvalue weighted by atomic mass is 35.5. The number of carbonyl (C=O) groups excluding carboxylic acids is 1. The Balaban J connectivity index is 1.54. The molecular weight excluding hydrogens is 578 g/mol. The van der Waals surface area contributed by atoms with Gasteiger partial charge < -0.3 is 19.7 Å². The number of nitrogens with zero attached hydrogens (tertiary/aromatic N) is 6. The molecule has 5 rings (SSSR count). The molecule has 3 heterocycles. The normalized spacial score (nSPS) is 11.8. The molecule has 1 atom stereocenters. The van der Waals surface area contributed by atoms with Crippen molar-refractivity contribution in [3.63, 3.8) is 0 Å². The summed E-state index contributed by atoms with van der Waals surface area (Å²) in [5.74, 6) is 2.01. The van der Waals surface area contributed by atoms with E-state index < -0.39 is 0 Å². The van der Waals surface area contributed by atoms with Crippen LogP contribution in [0, 0.1) is 20.8 Å². The lowest BCUT2D eigenvalue weighted by atomic mass is 9.94. The smallest absolute Gasteiger partial charge is 0.271 e. The van der Waals surface area contributed by atoms with E-state index in [9.17, 15) is 4.79 Å². The Hall–Kier alpha value is -4.70. The Bertz CT molecular complexity index is 1850. The molecule has 0 aliphatic carbocycles. The van der Waals surface area contributed by atoms with Crippen molar-refractivity contribution in [2.24, 2.45) is 0 Å². The summed E-state index contributed by atoms with van der Waals surface area (Å²) in [5, 5.41) is 9.80. The summed E-state index contributed by atoms with van der Waals surface area (Å²) in [4.78, 5) is 27.5. The molecule has 5 aromatic rings. The molecule has 1 N–H and O–H groups in total. The molecule has 0 aliphatic rings. The maximum absolute atomic E-state index is 12.4. The van der Waals surface area contributed by atoms with Gasteiger partial charge >= 0.3 is 0 Å². The first-order chi connectivity index (χ1) is 21.0. The van der Waals surface area contributed by atoms with Crippen LogP contribution in [0.1, 0.15) is 51.4 Å². The fourth-order valence-corrected chi connectivity index (χ4v) is 5.58. The van der Waals surface area contributed by atoms with Crippen LogP contribution in [0.2, 0.25) is 5.02 Å². The van der Waals surface area contributed by atoms with E-state index in [1.807, 2.05) is 55.8 Å². The molecule has 10 nitrogen and oxygen atoms in total. The molecule has 11 heteroatoms. The quantitative estimate of drug-likeness (QED) is 0.203. The number of pyridine rings is 1. The van der Waals surface area contributed by atoms with Gasteiger partial charge in [0.2, 0.25) is 0 Å². The topological polar surface area (TPSA) is 107 Å². The van der Waals surface area contributed by atoms with E-state index in [0.717, 1.165) is 50.2 Å². The summed E-state index contributed by atoms with van der Waals surface area (Å²) in [6, 6.07) is 11.2. The summed E-state index contributed by atoms with van der Waals surface area (Å²) in [5.41, 5.74) is 7.36. The molecule has 0 saturated carbocycles. The van der Waals surface area contributed by atoms with Crippen LogP contribution >= 0.6 is 11.6 Å². The molecule has 3 aromatic heterocycles. The predicted molar refractivity (Wildman–Crippen MR) is 173 cm³/mol. The van der Waals surface area contributed by atoms with Crippen molar-refractivity contribution in [3.8, 4) is 22.6 Å². The van der Waals surface area contributed by atoms with Gasteiger partial charge in [-0.25, -0.2) is 14.6 Å². The van der Waals surface area contributed by atoms with Gasteiger partial charge in [0.25, 0.3) is 5.91 Å². The number of hydrogen-bond acceptors (Lipinski definition) is 8. The second-order valence-electron chi connectivity index (χ2n) is 10.9. The van der Waals surface area contributed by atoms with Gasteiger partial charge in [-0.1, -0.05) is 23.7 Å². The Kier molecular flexibility index (Phi) is 8.73. The third-order valence-electron chi connectivity index (χ3n) is 7.86. The number of fused-ring (bicyclic) bond motifs is 1. The first-order valence-corrected chi connectivity index (χ1v) is 14.6. The number of hydrogen-bond donors (Lipinski definition) is 1. The number of nitrogens with one attached hydrogen (secondary N) is 1. The van der Waals surface area contributed by atoms with E-state index in [1.54, 1.807) is 46.9 Å². The van der Waals surface area contributed by atoms with Crippen molar-refractivity contribution in [1.29, 1.82) is 0 Å². The van der Waals surface area contributed by atoms with Crippen LogP contribution in [-0.4, -0.2) is 63.9 Å². The second-order valence-corrected chi connectivity index (χ2v) is 11.3. The first kappa shape index (κ1) is 30.7. The van der Waals surface area contributed by atoms with E-state index in [0.29, 0.717) is 34.5 Å². The number of ether oxygens (including phenoxy) is 2. The van der Waals surface area contributed by atoms with E-state index in [-0.39, 0.29) is 11.9 Å². The van der Waals surface area contributed by atoms with Gasteiger partial charge in [-0.2, -0.15) is 5.10 Å². The van der Waals surface area contributed by atoms with Crippen LogP contribution in [0.3, 0.4) is 0 Å². The fourth-order valence-electron chi connectivity index (χ4n) is 5.37. The number of rotatable bonds is 9. The zero-order valence-corrected chi connectivity index (χ0v) is 26.9. The van der Waals surface area contributed by atoms with Crippen molar-refractivity contribution in [2.45, 2.75) is 40.3 Å². The number of carbonyl (C=O) groups is 1. The second kappa shape index (κ2) is 12.5. The minimum Gasteiger partial charge on any atom is -0.497 e. The molecule has 0 aliphatic heterocycles. The number of methoxy groups -OCH3 is 2. The summed E-state index contributed by atoms with van der Waals surface area (Å²) < 4.78 is 13.2. The molecule has 0 fully saturated rings. The SMILES string of the molecule is COc1ccc(CNc2ncnc3c2c(C)nn3C(C)c2cc(Cl)c(C)c(-c3ccc(C(=O)N(C)C)nc3)c2OC)c(C)c1. The van der Waals surface area contributed by atoms with Gasteiger partial charge in [0, 0.05) is 48.5 Å². The maximum Gasteiger partial charge on any atom is 0.271 e. The predicted octanol–water partition coefficient (Wildman–Crippen LogP) is 6.41. The third kappa shape index (κ3) is 5.65. The maximum atomic E-state index is 12.4. The van der Waals surface area contributed by atoms with Gasteiger partial charge in [0.1, 0.15) is 29.3 Å². The fraction of sp³-hybridized carbons (Fsp3) is 0.303. The molecule has 2 aromatic carbocycles. The molecule has 0 spiro atoms. The standard InChI is InChI=1S/C33H36ClN7O3/c1-18-13-24(43-7)11-9-22(18)15-36-31-29-20(3)39-41(32(29)38-17-37-31)21(4)25-14-26(34)19(2)28(30(25)44-8)23-10-12-27(35-16-23)33(42)40(5)6/h9-14,16-17,21H,15H2,1-8H3,(H,36,37,38). The number of halogens is 1. The summed E-state index contributed by atoms with van der Waals surface area (Å²) >= 11 is 6.82. The molecule has 44 heavy (non-hydrogen) atoms. The number of aromatic nitrogens is 5. The molecule has 1 unspecified atom stereocenters. The Morgan fingerprint density at radius 1 is 1.05 bits per heavy atom. The zero-order valence-electron chi connectivity index (χ0n) is 26.2. The van der Waals surface area contributed by atoms with E-state index in [4.69, 9.17) is 26.2 Å². The van der Waals surface area contributed by atoms with Gasteiger partial charge in [-0.15, -0.1) is 0 Å². The van der Waals surface area contributed by atoms with Crippen molar-refractivity contribution >= 4 is 34.4 Å². The minimum absolute atomic E-state index is 0.170. The minimum atomic E-state index is -0.299. The molecule has 228 valence electrons. The van der Waals surface area contributed by atoms with E-state index >= 15 is 0 Å². The van der Waals surface area contributed by atoms with Crippen LogP contribution in [0.5, 0.6) is 11.5 Å². The first-order valence-electron chi connectivity index (χ1n) is 14.2. The van der Waals surface area contributed by atoms with E-state index in [1.165, 1.54) is 4.90 Å². The molecular formula is C33H36ClN7O3. The van der Waals surface area contributed by atoms with Crippen LogP contribution in [-0.2, 0) is 6.54 Å². The molecule has 0 radical (unpaired) electrons.